The van der Waals surface area contributed by atoms with E-state index in [9.17, 15) is 9.59 Å². The normalized spacial score (nSPS) is 18.5. The lowest BCUT2D eigenvalue weighted by molar-refractivity contribution is -0.134. The summed E-state index contributed by atoms with van der Waals surface area (Å²) in [6, 6.07) is 3.10. The highest BCUT2D eigenvalue weighted by molar-refractivity contribution is 7.13. The fourth-order valence-electron chi connectivity index (χ4n) is 2.25. The third-order valence-electron chi connectivity index (χ3n) is 3.20. The lowest BCUT2D eigenvalue weighted by Crippen LogP contribution is -2.41. The molecule has 1 atom stereocenters. The summed E-state index contributed by atoms with van der Waals surface area (Å²) in [7, 11) is 0. The van der Waals surface area contributed by atoms with E-state index in [1.54, 1.807) is 34.9 Å². The van der Waals surface area contributed by atoms with Crippen molar-refractivity contribution in [2.75, 3.05) is 5.32 Å². The fourth-order valence-corrected chi connectivity index (χ4v) is 2.78. The van der Waals surface area contributed by atoms with E-state index in [2.05, 4.69) is 10.3 Å². The maximum Gasteiger partial charge on any atom is 0.248 e. The predicted octanol–water partition coefficient (Wildman–Crippen LogP) is 1.87. The van der Waals surface area contributed by atoms with Gasteiger partial charge in [0.05, 0.1) is 12.8 Å². The number of carbonyl (C=O) groups excluding carboxylic acids is 2. The summed E-state index contributed by atoms with van der Waals surface area (Å²) in [5.41, 5.74) is 0. The summed E-state index contributed by atoms with van der Waals surface area (Å²) < 4.78 is 5.24. The molecule has 0 aromatic carbocycles. The van der Waals surface area contributed by atoms with Crippen molar-refractivity contribution in [2.24, 2.45) is 0 Å². The van der Waals surface area contributed by atoms with E-state index in [-0.39, 0.29) is 11.8 Å². The fraction of sp³-hybridized carbons (Fsp3) is 0.308. The first-order valence-corrected chi connectivity index (χ1v) is 7.14. The Morgan fingerprint density at radius 1 is 1.60 bits per heavy atom. The molecule has 1 aliphatic rings. The monoisotopic (exact) mass is 291 g/mol. The average Bonchev–Trinajstić information content (AvgIpc) is 3.14. The molecular formula is C13H13N3O3S. The summed E-state index contributed by atoms with van der Waals surface area (Å²) in [5.74, 6) is 0.449. The van der Waals surface area contributed by atoms with Crippen LogP contribution in [0.15, 0.2) is 34.4 Å². The van der Waals surface area contributed by atoms with E-state index >= 15 is 0 Å². The van der Waals surface area contributed by atoms with Crippen molar-refractivity contribution in [1.82, 2.24) is 9.88 Å². The molecule has 3 rings (SSSR count). The number of nitrogens with one attached hydrogen (secondary N) is 1. The number of hydrogen-bond acceptors (Lipinski definition) is 5. The van der Waals surface area contributed by atoms with Crippen LogP contribution in [-0.4, -0.2) is 27.7 Å². The number of nitrogens with zero attached hydrogens (tertiary/aromatic N) is 2. The SMILES string of the molecule is O=C(Nc1nccs1)[C@H]1CCC(=O)N1Cc1ccco1. The van der Waals surface area contributed by atoms with Crippen molar-refractivity contribution in [3.63, 3.8) is 0 Å². The summed E-state index contributed by atoms with van der Waals surface area (Å²) in [6.07, 6.45) is 4.09. The molecule has 0 saturated carbocycles. The van der Waals surface area contributed by atoms with Crippen LogP contribution in [0.3, 0.4) is 0 Å². The maximum absolute atomic E-state index is 12.2. The lowest BCUT2D eigenvalue weighted by atomic mass is 10.2. The molecule has 0 radical (unpaired) electrons. The number of rotatable bonds is 4. The smallest absolute Gasteiger partial charge is 0.248 e. The number of likely N-dealkylation sites (tertiary alicyclic amines) is 1. The molecule has 1 N–H and O–H groups in total. The van der Waals surface area contributed by atoms with Crippen LogP contribution in [0.1, 0.15) is 18.6 Å². The summed E-state index contributed by atoms with van der Waals surface area (Å²) in [6.45, 7) is 0.321. The molecule has 20 heavy (non-hydrogen) atoms. The molecule has 104 valence electrons. The Morgan fingerprint density at radius 2 is 2.50 bits per heavy atom. The van der Waals surface area contributed by atoms with Crippen LogP contribution in [0.2, 0.25) is 0 Å². The Bertz CT molecular complexity index is 594. The number of thiazole rings is 1. The average molecular weight is 291 g/mol. The zero-order chi connectivity index (χ0) is 13.9. The highest BCUT2D eigenvalue weighted by Crippen LogP contribution is 2.23. The van der Waals surface area contributed by atoms with Gasteiger partial charge >= 0.3 is 0 Å². The van der Waals surface area contributed by atoms with Gasteiger partial charge in [-0.25, -0.2) is 4.98 Å². The zero-order valence-electron chi connectivity index (χ0n) is 10.6. The van der Waals surface area contributed by atoms with Crippen LogP contribution in [0.25, 0.3) is 0 Å². The van der Waals surface area contributed by atoms with E-state index in [0.717, 1.165) is 0 Å². The van der Waals surface area contributed by atoms with Gasteiger partial charge < -0.3 is 14.6 Å². The first-order valence-electron chi connectivity index (χ1n) is 6.26. The van der Waals surface area contributed by atoms with E-state index in [4.69, 9.17) is 4.42 Å². The molecule has 7 heteroatoms. The molecule has 2 aromatic rings. The molecule has 0 aliphatic carbocycles. The van der Waals surface area contributed by atoms with Crippen molar-refractivity contribution in [3.05, 3.63) is 35.7 Å². The van der Waals surface area contributed by atoms with Crippen molar-refractivity contribution < 1.29 is 14.0 Å². The quantitative estimate of drug-likeness (QED) is 0.933. The Balaban J connectivity index is 1.70. The van der Waals surface area contributed by atoms with Gasteiger partial charge in [-0.2, -0.15) is 0 Å². The summed E-state index contributed by atoms with van der Waals surface area (Å²) >= 11 is 1.35. The minimum Gasteiger partial charge on any atom is -0.467 e. The number of furan rings is 1. The van der Waals surface area contributed by atoms with E-state index in [1.165, 1.54) is 11.3 Å². The van der Waals surface area contributed by atoms with Crippen LogP contribution in [-0.2, 0) is 16.1 Å². The molecule has 3 heterocycles. The van der Waals surface area contributed by atoms with Gasteiger partial charge in [0.1, 0.15) is 11.8 Å². The van der Waals surface area contributed by atoms with Crippen molar-refractivity contribution in [1.29, 1.82) is 0 Å². The molecule has 2 aromatic heterocycles. The zero-order valence-corrected chi connectivity index (χ0v) is 11.4. The van der Waals surface area contributed by atoms with Crippen LogP contribution in [0.5, 0.6) is 0 Å². The standard InChI is InChI=1S/C13H13N3O3S/c17-11-4-3-10(12(18)15-13-14-5-7-20-13)16(11)8-9-2-1-6-19-9/h1-2,5-7,10H,3-4,8H2,(H,14,15,18)/t10-/m1/s1. The van der Waals surface area contributed by atoms with Crippen molar-refractivity contribution >= 4 is 28.3 Å². The molecule has 2 amide bonds. The molecule has 6 nitrogen and oxygen atoms in total. The highest BCUT2D eigenvalue weighted by Gasteiger charge is 2.36. The van der Waals surface area contributed by atoms with Gasteiger partial charge in [-0.05, 0) is 18.6 Å². The second kappa shape index (κ2) is 5.46. The van der Waals surface area contributed by atoms with Gasteiger partial charge in [0.15, 0.2) is 5.13 Å². The van der Waals surface area contributed by atoms with Gasteiger partial charge in [0.25, 0.3) is 0 Å². The molecule has 0 spiro atoms. The Labute approximate surface area is 119 Å². The molecule has 1 fully saturated rings. The number of anilines is 1. The second-order valence-corrected chi connectivity index (χ2v) is 5.38. The largest absolute Gasteiger partial charge is 0.467 e. The molecule has 1 aliphatic heterocycles. The van der Waals surface area contributed by atoms with Crippen LogP contribution >= 0.6 is 11.3 Å². The molecule has 1 saturated heterocycles. The van der Waals surface area contributed by atoms with Gasteiger partial charge in [-0.3, -0.25) is 9.59 Å². The van der Waals surface area contributed by atoms with Gasteiger partial charge in [-0.15, -0.1) is 11.3 Å². The third kappa shape index (κ3) is 2.57. The molecule has 0 bridgehead atoms. The van der Waals surface area contributed by atoms with E-state index < -0.39 is 6.04 Å². The number of aromatic nitrogens is 1. The van der Waals surface area contributed by atoms with Crippen LogP contribution < -0.4 is 5.32 Å². The van der Waals surface area contributed by atoms with Crippen LogP contribution in [0, 0.1) is 0 Å². The van der Waals surface area contributed by atoms with Gasteiger partial charge in [0, 0.05) is 18.0 Å². The Hall–Kier alpha value is -2.15. The first kappa shape index (κ1) is 12.9. The van der Waals surface area contributed by atoms with Gasteiger partial charge in [-0.1, -0.05) is 0 Å². The van der Waals surface area contributed by atoms with Crippen molar-refractivity contribution in [3.8, 4) is 0 Å². The minimum atomic E-state index is -0.462. The van der Waals surface area contributed by atoms with Gasteiger partial charge in [0.2, 0.25) is 11.8 Å². The predicted molar refractivity (Wildman–Crippen MR) is 73.0 cm³/mol. The third-order valence-corrected chi connectivity index (χ3v) is 3.89. The first-order chi connectivity index (χ1) is 9.74. The summed E-state index contributed by atoms with van der Waals surface area (Å²) in [5, 5.41) is 5.07. The topological polar surface area (TPSA) is 75.4 Å². The summed E-state index contributed by atoms with van der Waals surface area (Å²) in [4.78, 5) is 29.7. The lowest BCUT2D eigenvalue weighted by Gasteiger charge is -2.22. The van der Waals surface area contributed by atoms with E-state index in [0.29, 0.717) is 30.3 Å². The molecular weight excluding hydrogens is 278 g/mol. The molecule has 0 unspecified atom stereocenters. The second-order valence-electron chi connectivity index (χ2n) is 4.48. The minimum absolute atomic E-state index is 0.0271. The Kier molecular flexibility index (Phi) is 3.51. The number of amides is 2. The number of carbonyl (C=O) groups is 2. The maximum atomic E-state index is 12.2. The van der Waals surface area contributed by atoms with E-state index in [1.807, 2.05) is 0 Å². The highest BCUT2D eigenvalue weighted by atomic mass is 32.1. The van der Waals surface area contributed by atoms with Crippen LogP contribution in [0.4, 0.5) is 5.13 Å². The Morgan fingerprint density at radius 3 is 3.20 bits per heavy atom. The van der Waals surface area contributed by atoms with Crippen molar-refractivity contribution in [2.45, 2.75) is 25.4 Å². The number of hydrogen-bond donors (Lipinski definition) is 1.